The van der Waals surface area contributed by atoms with Crippen molar-refractivity contribution in [3.8, 4) is 0 Å². The third kappa shape index (κ3) is 4.24. The van der Waals surface area contributed by atoms with Gasteiger partial charge in [0, 0.05) is 18.7 Å². The first-order valence-corrected chi connectivity index (χ1v) is 9.47. The number of fused-ring (bicyclic) bond motifs is 1. The van der Waals surface area contributed by atoms with E-state index in [1.807, 2.05) is 12.2 Å². The maximum atomic E-state index is 12.5. The highest BCUT2D eigenvalue weighted by molar-refractivity contribution is 6.06. The van der Waals surface area contributed by atoms with Crippen molar-refractivity contribution in [2.75, 3.05) is 26.1 Å². The third-order valence-corrected chi connectivity index (χ3v) is 5.22. The Hall–Kier alpha value is -3.49. The molecule has 2 aliphatic rings. The maximum Gasteiger partial charge on any atom is 0.337 e. The van der Waals surface area contributed by atoms with Crippen LogP contribution in [0.5, 0.6) is 0 Å². The number of benzene rings is 1. The molecule has 1 heterocycles. The van der Waals surface area contributed by atoms with Gasteiger partial charge in [-0.1, -0.05) is 12.2 Å². The number of rotatable bonds is 6. The summed E-state index contributed by atoms with van der Waals surface area (Å²) >= 11 is 0. The lowest BCUT2D eigenvalue weighted by molar-refractivity contribution is -0.140. The van der Waals surface area contributed by atoms with Crippen LogP contribution in [0.1, 0.15) is 40.0 Å². The van der Waals surface area contributed by atoms with Gasteiger partial charge in [0.05, 0.1) is 37.2 Å². The summed E-state index contributed by atoms with van der Waals surface area (Å²) < 4.78 is 9.32. The molecule has 1 aromatic rings. The Kier molecular flexibility index (Phi) is 6.29. The minimum Gasteiger partial charge on any atom is -0.465 e. The number of anilines is 1. The highest BCUT2D eigenvalue weighted by Gasteiger charge is 2.46. The van der Waals surface area contributed by atoms with Crippen molar-refractivity contribution in [1.82, 2.24) is 4.90 Å². The molecule has 1 saturated heterocycles. The Labute approximate surface area is 173 Å². The van der Waals surface area contributed by atoms with Gasteiger partial charge in [0.2, 0.25) is 17.7 Å². The topological polar surface area (TPSA) is 119 Å². The molecule has 9 nitrogen and oxygen atoms in total. The van der Waals surface area contributed by atoms with Crippen LogP contribution in [-0.2, 0) is 23.9 Å². The van der Waals surface area contributed by atoms with E-state index in [-0.39, 0.29) is 53.4 Å². The van der Waals surface area contributed by atoms with Crippen molar-refractivity contribution in [3.63, 3.8) is 0 Å². The zero-order valence-corrected chi connectivity index (χ0v) is 16.7. The average Bonchev–Trinajstić information content (AvgIpc) is 3.00. The summed E-state index contributed by atoms with van der Waals surface area (Å²) in [7, 11) is 2.39. The first kappa shape index (κ1) is 21.2. The van der Waals surface area contributed by atoms with Crippen LogP contribution in [0, 0.1) is 11.8 Å². The van der Waals surface area contributed by atoms with Gasteiger partial charge in [-0.25, -0.2) is 9.59 Å². The van der Waals surface area contributed by atoms with Gasteiger partial charge in [-0.05, 0) is 31.0 Å². The second-order valence-electron chi connectivity index (χ2n) is 7.06. The molecular formula is C21H22N2O7. The molecular weight excluding hydrogens is 392 g/mol. The molecule has 3 amide bonds. The number of nitrogens with one attached hydrogen (secondary N) is 1. The molecule has 1 aliphatic carbocycles. The molecule has 1 fully saturated rings. The molecule has 1 aliphatic heterocycles. The standard InChI is InChI=1S/C21H22N2O7/c1-29-20(27)12-9-13(21(28)30-2)11-14(10-12)22-17(24)7-8-23-18(25)15-5-3-4-6-16(15)19(23)26/h3-4,9-11,15-16H,5-8H2,1-2H3,(H,22,24)/t15-,16-/m1/s1. The molecule has 1 aromatic carbocycles. The van der Waals surface area contributed by atoms with Crippen molar-refractivity contribution >= 4 is 35.3 Å². The molecule has 0 bridgehead atoms. The van der Waals surface area contributed by atoms with Crippen LogP contribution in [0.4, 0.5) is 5.69 Å². The van der Waals surface area contributed by atoms with Crippen molar-refractivity contribution in [2.24, 2.45) is 11.8 Å². The minimum absolute atomic E-state index is 0.0307. The van der Waals surface area contributed by atoms with Gasteiger partial charge in [-0.2, -0.15) is 0 Å². The first-order chi connectivity index (χ1) is 14.3. The maximum absolute atomic E-state index is 12.5. The zero-order valence-electron chi connectivity index (χ0n) is 16.7. The van der Waals surface area contributed by atoms with Crippen LogP contribution in [0.3, 0.4) is 0 Å². The summed E-state index contributed by atoms with van der Waals surface area (Å²) in [5.74, 6) is -3.01. The summed E-state index contributed by atoms with van der Waals surface area (Å²) in [5, 5.41) is 2.58. The van der Waals surface area contributed by atoms with E-state index in [1.165, 1.54) is 32.4 Å². The quantitative estimate of drug-likeness (QED) is 0.426. The Balaban J connectivity index is 1.67. The van der Waals surface area contributed by atoms with Crippen molar-refractivity contribution in [3.05, 3.63) is 41.5 Å². The number of allylic oxidation sites excluding steroid dienone is 2. The van der Waals surface area contributed by atoms with E-state index >= 15 is 0 Å². The van der Waals surface area contributed by atoms with Crippen LogP contribution in [0.25, 0.3) is 0 Å². The number of amides is 3. The smallest absolute Gasteiger partial charge is 0.337 e. The molecule has 0 unspecified atom stereocenters. The second kappa shape index (κ2) is 8.89. The summed E-state index contributed by atoms with van der Waals surface area (Å²) in [4.78, 5) is 62.1. The highest BCUT2D eigenvalue weighted by Crippen LogP contribution is 2.35. The first-order valence-electron chi connectivity index (χ1n) is 9.47. The summed E-state index contributed by atoms with van der Waals surface area (Å²) in [6.45, 7) is -0.0307. The normalized spacial score (nSPS) is 20.0. The highest BCUT2D eigenvalue weighted by atomic mass is 16.5. The molecule has 30 heavy (non-hydrogen) atoms. The lowest BCUT2D eigenvalue weighted by Gasteiger charge is -2.15. The molecule has 3 rings (SSSR count). The number of hydrogen-bond donors (Lipinski definition) is 1. The number of ether oxygens (including phenoxy) is 2. The van der Waals surface area contributed by atoms with E-state index in [1.54, 1.807) is 0 Å². The largest absolute Gasteiger partial charge is 0.465 e. The zero-order chi connectivity index (χ0) is 21.8. The molecule has 158 valence electrons. The summed E-state index contributed by atoms with van der Waals surface area (Å²) in [6, 6.07) is 4.02. The number of hydrogen-bond acceptors (Lipinski definition) is 7. The Bertz CT molecular complexity index is 877. The van der Waals surface area contributed by atoms with Crippen LogP contribution < -0.4 is 5.32 Å². The molecule has 2 atom stereocenters. The van der Waals surface area contributed by atoms with Gasteiger partial charge in [-0.15, -0.1) is 0 Å². The molecule has 0 radical (unpaired) electrons. The average molecular weight is 414 g/mol. The monoisotopic (exact) mass is 414 g/mol. The number of carbonyl (C=O) groups excluding carboxylic acids is 5. The van der Waals surface area contributed by atoms with Gasteiger partial charge in [0.15, 0.2) is 0 Å². The fraction of sp³-hybridized carbons (Fsp3) is 0.381. The van der Waals surface area contributed by atoms with E-state index in [0.29, 0.717) is 12.8 Å². The second-order valence-corrected chi connectivity index (χ2v) is 7.06. The molecule has 1 N–H and O–H groups in total. The lowest BCUT2D eigenvalue weighted by atomic mass is 9.85. The van der Waals surface area contributed by atoms with Gasteiger partial charge in [0.1, 0.15) is 0 Å². The minimum atomic E-state index is -0.680. The van der Waals surface area contributed by atoms with Crippen LogP contribution in [0.2, 0.25) is 0 Å². The van der Waals surface area contributed by atoms with Gasteiger partial charge in [-0.3, -0.25) is 19.3 Å². The van der Waals surface area contributed by atoms with Crippen molar-refractivity contribution < 1.29 is 33.4 Å². The van der Waals surface area contributed by atoms with Gasteiger partial charge < -0.3 is 14.8 Å². The fourth-order valence-electron chi connectivity index (χ4n) is 3.70. The van der Waals surface area contributed by atoms with E-state index in [9.17, 15) is 24.0 Å². The Morgan fingerprint density at radius 2 is 1.43 bits per heavy atom. The summed E-state index contributed by atoms with van der Waals surface area (Å²) in [5.41, 5.74) is 0.328. The predicted molar refractivity (Wildman–Crippen MR) is 104 cm³/mol. The van der Waals surface area contributed by atoms with Crippen molar-refractivity contribution in [2.45, 2.75) is 19.3 Å². The van der Waals surface area contributed by atoms with Gasteiger partial charge in [0.25, 0.3) is 0 Å². The number of nitrogens with zero attached hydrogens (tertiary/aromatic N) is 1. The SMILES string of the molecule is COC(=O)c1cc(NC(=O)CCN2C(=O)[C@@H]3CC=CC[C@H]3C2=O)cc(C(=O)OC)c1. The van der Waals surface area contributed by atoms with E-state index < -0.39 is 17.8 Å². The van der Waals surface area contributed by atoms with Crippen LogP contribution >= 0.6 is 0 Å². The number of esters is 2. The van der Waals surface area contributed by atoms with Gasteiger partial charge >= 0.3 is 11.9 Å². The van der Waals surface area contributed by atoms with Crippen molar-refractivity contribution in [1.29, 1.82) is 0 Å². The fourth-order valence-corrected chi connectivity index (χ4v) is 3.70. The molecule has 0 spiro atoms. The Morgan fingerprint density at radius 3 is 1.90 bits per heavy atom. The number of methoxy groups -OCH3 is 2. The molecule has 0 aromatic heterocycles. The molecule has 9 heteroatoms. The van der Waals surface area contributed by atoms with E-state index in [2.05, 4.69) is 14.8 Å². The number of imide groups is 1. The van der Waals surface area contributed by atoms with E-state index in [4.69, 9.17) is 0 Å². The van der Waals surface area contributed by atoms with Crippen LogP contribution in [-0.4, -0.2) is 55.3 Å². The Morgan fingerprint density at radius 1 is 0.933 bits per heavy atom. The third-order valence-electron chi connectivity index (χ3n) is 5.22. The number of carbonyl (C=O) groups is 5. The molecule has 0 saturated carbocycles. The summed E-state index contributed by atoms with van der Waals surface area (Å²) in [6.07, 6.45) is 4.76. The van der Waals surface area contributed by atoms with Crippen LogP contribution in [0.15, 0.2) is 30.4 Å². The lowest BCUT2D eigenvalue weighted by Crippen LogP contribution is -2.34. The predicted octanol–water partition coefficient (Wildman–Crippen LogP) is 1.54. The van der Waals surface area contributed by atoms with E-state index in [0.717, 1.165) is 4.90 Å². The number of likely N-dealkylation sites (tertiary alicyclic amines) is 1.